The van der Waals surface area contributed by atoms with E-state index in [1.54, 1.807) is 0 Å². The Hall–Kier alpha value is -0.220. The van der Waals surface area contributed by atoms with Crippen molar-refractivity contribution in [2.45, 2.75) is 25.5 Å². The summed E-state index contributed by atoms with van der Waals surface area (Å²) >= 11 is 0. The first-order valence-corrected chi connectivity index (χ1v) is 3.31. The van der Waals surface area contributed by atoms with Crippen LogP contribution in [-0.2, 0) is 0 Å². The van der Waals surface area contributed by atoms with Gasteiger partial charge in [0.1, 0.15) is 18.6 Å². The van der Waals surface area contributed by atoms with Crippen molar-refractivity contribution in [2.75, 3.05) is 13.1 Å². The van der Waals surface area contributed by atoms with Crippen molar-refractivity contribution in [2.24, 2.45) is 0 Å². The molecule has 0 unspecified atom stereocenters. The van der Waals surface area contributed by atoms with Crippen molar-refractivity contribution in [1.82, 2.24) is 4.90 Å². The quantitative estimate of drug-likeness (QED) is 0.583. The highest BCUT2D eigenvalue weighted by Crippen LogP contribution is 2.17. The molecule has 0 aromatic carbocycles. The van der Waals surface area contributed by atoms with Crippen molar-refractivity contribution in [3.05, 3.63) is 0 Å². The van der Waals surface area contributed by atoms with Crippen LogP contribution in [0.25, 0.3) is 0 Å². The fourth-order valence-corrected chi connectivity index (χ4v) is 1.06. The van der Waals surface area contributed by atoms with Gasteiger partial charge in [-0.3, -0.25) is 4.90 Å². The minimum atomic E-state index is -1.42. The molecule has 1 aliphatic heterocycles. The molecule has 1 heterocycles. The molecule has 0 spiro atoms. The molecule has 0 amide bonds. The highest BCUT2D eigenvalue weighted by molar-refractivity contribution is 4.84. The molecule has 1 fully saturated rings. The van der Waals surface area contributed by atoms with Gasteiger partial charge in [-0.05, 0) is 6.92 Å². The third-order valence-electron chi connectivity index (χ3n) is 1.74. The normalized spacial score (nSPS) is 38.4. The molecule has 1 N–H and O–H groups in total. The third-order valence-corrected chi connectivity index (χ3v) is 1.74. The van der Waals surface area contributed by atoms with E-state index in [2.05, 4.69) is 0 Å². The first kappa shape index (κ1) is 7.88. The van der Waals surface area contributed by atoms with Gasteiger partial charge in [0.2, 0.25) is 0 Å². The van der Waals surface area contributed by atoms with E-state index in [0.717, 1.165) is 0 Å². The Morgan fingerprint density at radius 1 is 1.40 bits per heavy atom. The molecule has 2 nitrogen and oxygen atoms in total. The van der Waals surface area contributed by atoms with Crippen LogP contribution in [0.2, 0.25) is 0 Å². The summed E-state index contributed by atoms with van der Waals surface area (Å²) in [6.07, 6.45) is -3.58. The lowest BCUT2D eigenvalue weighted by Crippen LogP contribution is -2.30. The average molecular weight is 151 g/mol. The predicted octanol–water partition coefficient (Wildman–Crippen LogP) is 0.316. The zero-order chi connectivity index (χ0) is 7.72. The molecule has 4 heteroatoms. The number of nitrogens with zero attached hydrogens (tertiary/aromatic N) is 1. The maximum atomic E-state index is 12.4. The summed E-state index contributed by atoms with van der Waals surface area (Å²) in [5.74, 6) is 0. The van der Waals surface area contributed by atoms with E-state index in [0.29, 0.717) is 0 Å². The summed E-state index contributed by atoms with van der Waals surface area (Å²) < 4.78 is 24.8. The fourth-order valence-electron chi connectivity index (χ4n) is 1.06. The summed E-state index contributed by atoms with van der Waals surface area (Å²) in [5, 5.41) is 8.88. The fraction of sp³-hybridized carbons (Fsp3) is 1.00. The minimum absolute atomic E-state index is 0.0127. The largest absolute Gasteiger partial charge is 0.379 e. The molecule has 0 radical (unpaired) electrons. The van der Waals surface area contributed by atoms with Gasteiger partial charge < -0.3 is 5.11 Å². The summed E-state index contributed by atoms with van der Waals surface area (Å²) in [7, 11) is 0. The second-order valence-corrected chi connectivity index (χ2v) is 2.62. The first-order valence-electron chi connectivity index (χ1n) is 3.31. The van der Waals surface area contributed by atoms with Gasteiger partial charge >= 0.3 is 0 Å². The lowest BCUT2D eigenvalue weighted by molar-refractivity contribution is 0.0304. The zero-order valence-electron chi connectivity index (χ0n) is 5.80. The van der Waals surface area contributed by atoms with Gasteiger partial charge in [0.05, 0.1) is 0 Å². The Labute approximate surface area is 58.4 Å². The molecule has 0 saturated carbocycles. The second-order valence-electron chi connectivity index (χ2n) is 2.62. The number of halogens is 2. The lowest BCUT2D eigenvalue weighted by Gasteiger charge is -2.16. The van der Waals surface area contributed by atoms with Crippen LogP contribution in [0.3, 0.4) is 0 Å². The number of likely N-dealkylation sites (tertiary alicyclic amines) is 1. The number of alkyl halides is 2. The number of hydrogen-bond acceptors (Lipinski definition) is 2. The van der Waals surface area contributed by atoms with Crippen LogP contribution < -0.4 is 0 Å². The molecule has 0 aromatic heterocycles. The second kappa shape index (κ2) is 2.80. The van der Waals surface area contributed by atoms with Gasteiger partial charge in [0.25, 0.3) is 0 Å². The van der Waals surface area contributed by atoms with Crippen LogP contribution in [0.15, 0.2) is 0 Å². The van der Waals surface area contributed by atoms with Gasteiger partial charge in [-0.2, -0.15) is 0 Å². The monoisotopic (exact) mass is 151 g/mol. The van der Waals surface area contributed by atoms with Crippen molar-refractivity contribution in [3.8, 4) is 0 Å². The molecule has 0 aromatic rings. The van der Waals surface area contributed by atoms with Crippen LogP contribution in [0, 0.1) is 0 Å². The summed E-state index contributed by atoms with van der Waals surface area (Å²) in [6, 6.07) is 0. The van der Waals surface area contributed by atoms with E-state index in [1.165, 1.54) is 11.8 Å². The summed E-state index contributed by atoms with van der Waals surface area (Å²) in [6.45, 7) is 1.53. The third kappa shape index (κ3) is 1.44. The Bertz CT molecular complexity index is 110. The standard InChI is InChI=1S/C6H11F2NO/c1-4(10)9-2-5(7)6(8)3-9/h4-6,10H,2-3H2,1H3/t4-,5-,6-/m1/s1. The van der Waals surface area contributed by atoms with Crippen LogP contribution in [0.1, 0.15) is 6.92 Å². The highest BCUT2D eigenvalue weighted by Gasteiger charge is 2.34. The maximum absolute atomic E-state index is 12.4. The highest BCUT2D eigenvalue weighted by atomic mass is 19.2. The molecule has 0 aliphatic carbocycles. The summed E-state index contributed by atoms with van der Waals surface area (Å²) in [4.78, 5) is 1.37. The topological polar surface area (TPSA) is 23.5 Å². The van der Waals surface area contributed by atoms with E-state index in [4.69, 9.17) is 5.11 Å². The van der Waals surface area contributed by atoms with Gasteiger partial charge in [0.15, 0.2) is 0 Å². The van der Waals surface area contributed by atoms with Crippen LogP contribution in [0.5, 0.6) is 0 Å². The van der Waals surface area contributed by atoms with E-state index in [1.807, 2.05) is 0 Å². The Kier molecular flexibility index (Phi) is 2.21. The molecule has 10 heavy (non-hydrogen) atoms. The smallest absolute Gasteiger partial charge is 0.145 e. The molecule has 0 bridgehead atoms. The summed E-state index contributed by atoms with van der Waals surface area (Å²) in [5.41, 5.74) is 0. The Morgan fingerprint density at radius 3 is 2.00 bits per heavy atom. The average Bonchev–Trinajstić information content (AvgIpc) is 2.13. The van der Waals surface area contributed by atoms with Gasteiger partial charge in [-0.15, -0.1) is 0 Å². The SMILES string of the molecule is C[C@@H](O)N1C[C@@H](F)[C@H](F)C1. The van der Waals surface area contributed by atoms with Crippen LogP contribution >= 0.6 is 0 Å². The molecule has 1 aliphatic rings. The van der Waals surface area contributed by atoms with E-state index < -0.39 is 18.6 Å². The molecular weight excluding hydrogens is 140 g/mol. The van der Waals surface area contributed by atoms with E-state index >= 15 is 0 Å². The Morgan fingerprint density at radius 2 is 1.80 bits per heavy atom. The molecule has 1 saturated heterocycles. The number of rotatable bonds is 1. The molecule has 1 rings (SSSR count). The van der Waals surface area contributed by atoms with Crippen LogP contribution in [-0.4, -0.2) is 41.7 Å². The van der Waals surface area contributed by atoms with Gasteiger partial charge in [-0.1, -0.05) is 0 Å². The van der Waals surface area contributed by atoms with E-state index in [-0.39, 0.29) is 13.1 Å². The first-order chi connectivity index (χ1) is 4.61. The van der Waals surface area contributed by atoms with Gasteiger partial charge in [0, 0.05) is 13.1 Å². The van der Waals surface area contributed by atoms with Crippen molar-refractivity contribution in [1.29, 1.82) is 0 Å². The molecular formula is C6H11F2NO. The molecule has 60 valence electrons. The zero-order valence-corrected chi connectivity index (χ0v) is 5.80. The van der Waals surface area contributed by atoms with Crippen molar-refractivity contribution >= 4 is 0 Å². The molecule has 3 atom stereocenters. The van der Waals surface area contributed by atoms with Crippen molar-refractivity contribution in [3.63, 3.8) is 0 Å². The number of hydrogen-bond donors (Lipinski definition) is 1. The predicted molar refractivity (Wildman–Crippen MR) is 33.0 cm³/mol. The Balaban J connectivity index is 2.41. The maximum Gasteiger partial charge on any atom is 0.145 e. The van der Waals surface area contributed by atoms with Crippen LogP contribution in [0.4, 0.5) is 8.78 Å². The van der Waals surface area contributed by atoms with Gasteiger partial charge in [-0.25, -0.2) is 8.78 Å². The number of aliphatic hydroxyl groups excluding tert-OH is 1. The lowest BCUT2D eigenvalue weighted by atomic mass is 10.3. The van der Waals surface area contributed by atoms with Crippen molar-refractivity contribution < 1.29 is 13.9 Å². The number of aliphatic hydroxyl groups is 1. The minimum Gasteiger partial charge on any atom is -0.379 e. The van der Waals surface area contributed by atoms with E-state index in [9.17, 15) is 8.78 Å².